The highest BCUT2D eigenvalue weighted by atomic mass is 16.5. The van der Waals surface area contributed by atoms with E-state index in [9.17, 15) is 0 Å². The molecule has 3 heteroatoms. The van der Waals surface area contributed by atoms with Crippen LogP contribution in [0, 0.1) is 23.7 Å². The molecule has 4 aliphatic carbocycles. The summed E-state index contributed by atoms with van der Waals surface area (Å²) in [7, 11) is 0. The Morgan fingerprint density at radius 2 is 1.40 bits per heavy atom. The summed E-state index contributed by atoms with van der Waals surface area (Å²) in [6.45, 7) is 1.97. The van der Waals surface area contributed by atoms with Crippen molar-refractivity contribution >= 4 is 6.02 Å². The topological polar surface area (TPSA) is 24.8 Å². The van der Waals surface area contributed by atoms with Crippen LogP contribution >= 0.6 is 0 Å². The highest BCUT2D eigenvalue weighted by Crippen LogP contribution is 2.49. The largest absolute Gasteiger partial charge is 0.463 e. The Hall–Kier alpha value is -0.730. The standard InChI is InChI=1S/C17H26N2O/c1-2-11(1)15(12-3-4-12)18-17-19(9-10-20-17)16(13-5-6-13)14-7-8-14/h11-16H,1-10H2. The molecule has 0 radical (unpaired) electrons. The molecule has 0 aromatic rings. The third kappa shape index (κ3) is 2.23. The molecular weight excluding hydrogens is 248 g/mol. The van der Waals surface area contributed by atoms with E-state index in [1.54, 1.807) is 0 Å². The van der Waals surface area contributed by atoms with Crippen molar-refractivity contribution in [2.75, 3.05) is 13.2 Å². The maximum Gasteiger partial charge on any atom is 0.288 e. The van der Waals surface area contributed by atoms with Crippen molar-refractivity contribution in [2.45, 2.75) is 63.5 Å². The van der Waals surface area contributed by atoms with Crippen LogP contribution in [0.5, 0.6) is 0 Å². The van der Waals surface area contributed by atoms with E-state index in [4.69, 9.17) is 9.73 Å². The lowest BCUT2D eigenvalue weighted by Gasteiger charge is -2.28. The first-order valence-corrected chi connectivity index (χ1v) is 8.87. The van der Waals surface area contributed by atoms with Crippen molar-refractivity contribution in [3.63, 3.8) is 0 Å². The first-order valence-electron chi connectivity index (χ1n) is 8.87. The van der Waals surface area contributed by atoms with Gasteiger partial charge in [0.25, 0.3) is 6.02 Å². The second kappa shape index (κ2) is 4.38. The van der Waals surface area contributed by atoms with Gasteiger partial charge in [0.1, 0.15) is 6.61 Å². The molecule has 1 saturated heterocycles. The Morgan fingerprint density at radius 1 is 0.850 bits per heavy atom. The summed E-state index contributed by atoms with van der Waals surface area (Å²) in [4.78, 5) is 7.72. The predicted molar refractivity (Wildman–Crippen MR) is 78.6 cm³/mol. The zero-order chi connectivity index (χ0) is 13.1. The quantitative estimate of drug-likeness (QED) is 0.743. The van der Waals surface area contributed by atoms with Gasteiger partial charge in [0.15, 0.2) is 0 Å². The smallest absolute Gasteiger partial charge is 0.288 e. The second-order valence-corrected chi connectivity index (χ2v) is 7.78. The molecule has 3 nitrogen and oxygen atoms in total. The second-order valence-electron chi connectivity index (χ2n) is 7.78. The first kappa shape index (κ1) is 11.9. The number of hydrogen-bond donors (Lipinski definition) is 0. The van der Waals surface area contributed by atoms with Crippen LogP contribution in [-0.4, -0.2) is 36.2 Å². The molecule has 0 amide bonds. The SMILES string of the molecule is C1CN(C(C2CC2)C2CC2)C(=NC(C2CC2)C2CC2)O1. The Morgan fingerprint density at radius 3 is 1.90 bits per heavy atom. The van der Waals surface area contributed by atoms with Crippen LogP contribution in [0.1, 0.15) is 51.4 Å². The van der Waals surface area contributed by atoms with Crippen molar-refractivity contribution in [1.82, 2.24) is 4.90 Å². The molecule has 1 heterocycles. The fourth-order valence-electron chi connectivity index (χ4n) is 4.17. The molecule has 0 atom stereocenters. The van der Waals surface area contributed by atoms with E-state index >= 15 is 0 Å². The molecule has 0 aromatic carbocycles. The average Bonchev–Trinajstić information content (AvgIpc) is 3.33. The molecule has 20 heavy (non-hydrogen) atoms. The van der Waals surface area contributed by atoms with Crippen LogP contribution < -0.4 is 0 Å². The van der Waals surface area contributed by atoms with E-state index in [0.717, 1.165) is 48.9 Å². The van der Waals surface area contributed by atoms with Gasteiger partial charge in [0, 0.05) is 6.04 Å². The fraction of sp³-hybridized carbons (Fsp3) is 0.941. The number of ether oxygens (including phenoxy) is 1. The number of nitrogens with zero attached hydrogens (tertiary/aromatic N) is 2. The first-order chi connectivity index (χ1) is 9.90. The summed E-state index contributed by atoms with van der Waals surface area (Å²) in [5.74, 6) is 3.69. The lowest BCUT2D eigenvalue weighted by atomic mass is 10.1. The van der Waals surface area contributed by atoms with Crippen molar-refractivity contribution in [1.29, 1.82) is 0 Å². The molecule has 5 rings (SSSR count). The lowest BCUT2D eigenvalue weighted by molar-refractivity contribution is 0.267. The molecule has 0 aromatic heterocycles. The van der Waals surface area contributed by atoms with Crippen molar-refractivity contribution < 1.29 is 4.74 Å². The van der Waals surface area contributed by atoms with Crippen LogP contribution in [0.15, 0.2) is 4.99 Å². The minimum Gasteiger partial charge on any atom is -0.463 e. The van der Waals surface area contributed by atoms with Crippen molar-refractivity contribution in [3.8, 4) is 0 Å². The van der Waals surface area contributed by atoms with Gasteiger partial charge in [0.05, 0.1) is 12.6 Å². The maximum absolute atomic E-state index is 5.96. The van der Waals surface area contributed by atoms with Gasteiger partial charge >= 0.3 is 0 Å². The van der Waals surface area contributed by atoms with Crippen LogP contribution in [0.4, 0.5) is 0 Å². The molecule has 1 aliphatic heterocycles. The third-order valence-electron chi connectivity index (χ3n) is 5.85. The molecular formula is C17H26N2O. The Balaban J connectivity index is 1.37. The van der Waals surface area contributed by atoms with E-state index in [-0.39, 0.29) is 0 Å². The molecule has 0 N–H and O–H groups in total. The van der Waals surface area contributed by atoms with Gasteiger partial charge in [-0.15, -0.1) is 0 Å². The molecule has 4 saturated carbocycles. The summed E-state index contributed by atoms with van der Waals surface area (Å²) in [5, 5.41) is 0. The van der Waals surface area contributed by atoms with E-state index in [0.29, 0.717) is 6.04 Å². The number of hydrogen-bond acceptors (Lipinski definition) is 2. The van der Waals surface area contributed by atoms with Crippen LogP contribution in [0.25, 0.3) is 0 Å². The van der Waals surface area contributed by atoms with E-state index < -0.39 is 0 Å². The molecule has 5 aliphatic rings. The summed E-state index contributed by atoms with van der Waals surface area (Å²) >= 11 is 0. The molecule has 5 fully saturated rings. The zero-order valence-electron chi connectivity index (χ0n) is 12.3. The normalized spacial score (nSPS) is 32.5. The van der Waals surface area contributed by atoms with Crippen molar-refractivity contribution in [2.24, 2.45) is 28.7 Å². The van der Waals surface area contributed by atoms with Gasteiger partial charge in [-0.05, 0) is 75.0 Å². The lowest BCUT2D eigenvalue weighted by Crippen LogP contribution is -2.40. The zero-order valence-corrected chi connectivity index (χ0v) is 12.3. The highest BCUT2D eigenvalue weighted by Gasteiger charge is 2.48. The van der Waals surface area contributed by atoms with Gasteiger partial charge < -0.3 is 9.64 Å². The van der Waals surface area contributed by atoms with Gasteiger partial charge in [-0.1, -0.05) is 0 Å². The maximum atomic E-state index is 5.96. The van der Waals surface area contributed by atoms with Crippen LogP contribution in [0.2, 0.25) is 0 Å². The van der Waals surface area contributed by atoms with E-state index in [2.05, 4.69) is 4.90 Å². The fourth-order valence-corrected chi connectivity index (χ4v) is 4.17. The van der Waals surface area contributed by atoms with Gasteiger partial charge in [-0.25, -0.2) is 4.99 Å². The third-order valence-corrected chi connectivity index (χ3v) is 5.85. The summed E-state index contributed by atoms with van der Waals surface area (Å²) in [6.07, 6.45) is 11.4. The Kier molecular flexibility index (Phi) is 2.60. The van der Waals surface area contributed by atoms with Crippen LogP contribution in [-0.2, 0) is 4.74 Å². The molecule has 110 valence electrons. The minimum absolute atomic E-state index is 0.602. The molecule has 0 unspecified atom stereocenters. The summed E-state index contributed by atoms with van der Waals surface area (Å²) in [6, 6.07) is 2.41. The minimum atomic E-state index is 0.602. The molecule has 0 spiro atoms. The molecule has 0 bridgehead atoms. The van der Waals surface area contributed by atoms with Crippen molar-refractivity contribution in [3.05, 3.63) is 0 Å². The van der Waals surface area contributed by atoms with Gasteiger partial charge in [-0.3, -0.25) is 0 Å². The van der Waals surface area contributed by atoms with E-state index in [1.165, 1.54) is 51.4 Å². The number of aliphatic imine (C=N–C) groups is 1. The summed E-state index contributed by atoms with van der Waals surface area (Å²) in [5.41, 5.74) is 0. The van der Waals surface area contributed by atoms with E-state index in [1.807, 2.05) is 0 Å². The van der Waals surface area contributed by atoms with Crippen LogP contribution in [0.3, 0.4) is 0 Å². The van der Waals surface area contributed by atoms with Gasteiger partial charge in [0.2, 0.25) is 0 Å². The Labute approximate surface area is 121 Å². The number of amidine groups is 1. The Bertz CT molecular complexity index is 395. The average molecular weight is 274 g/mol. The highest BCUT2D eigenvalue weighted by molar-refractivity contribution is 5.76. The monoisotopic (exact) mass is 274 g/mol. The van der Waals surface area contributed by atoms with Gasteiger partial charge in [-0.2, -0.15) is 0 Å². The summed E-state index contributed by atoms with van der Waals surface area (Å²) < 4.78 is 5.96. The number of rotatable bonds is 6. The predicted octanol–water partition coefficient (Wildman–Crippen LogP) is 3.05.